The van der Waals surface area contributed by atoms with Crippen LogP contribution in [-0.2, 0) is 35.8 Å². The summed E-state index contributed by atoms with van der Waals surface area (Å²) < 4.78 is 35.9. The highest BCUT2D eigenvalue weighted by molar-refractivity contribution is 7.89. The standard InChI is InChI=1S/C23H28N4O3S/c1-3-17-8-9-21(30-2)22(16-17)31(28,29)25-14-15-27-20-7-5-4-6-19(20)23(26-27)18-10-12-24-13-11-18/h8-13,16,25H,3-7,14-15H2,1-2H3. The number of ether oxygens (including phenoxy) is 1. The van der Waals surface area contributed by atoms with Crippen LogP contribution in [0.5, 0.6) is 5.75 Å². The van der Waals surface area contributed by atoms with Crippen molar-refractivity contribution in [1.82, 2.24) is 19.5 Å². The second-order valence-electron chi connectivity index (χ2n) is 7.68. The lowest BCUT2D eigenvalue weighted by molar-refractivity contribution is 0.402. The quantitative estimate of drug-likeness (QED) is 0.580. The van der Waals surface area contributed by atoms with E-state index < -0.39 is 10.0 Å². The number of benzene rings is 1. The molecule has 4 rings (SSSR count). The van der Waals surface area contributed by atoms with Gasteiger partial charge in [0.1, 0.15) is 10.6 Å². The third-order valence-electron chi connectivity index (χ3n) is 5.75. The molecule has 0 fully saturated rings. The Bertz CT molecular complexity index is 1160. The molecule has 0 aliphatic heterocycles. The number of aryl methyl sites for hydroxylation is 1. The van der Waals surface area contributed by atoms with Gasteiger partial charge in [0, 0.05) is 35.8 Å². The summed E-state index contributed by atoms with van der Waals surface area (Å²) in [6.45, 7) is 2.72. The van der Waals surface area contributed by atoms with E-state index in [0.29, 0.717) is 12.3 Å². The smallest absolute Gasteiger partial charge is 0.244 e. The molecule has 2 aromatic heterocycles. The van der Waals surface area contributed by atoms with Crippen molar-refractivity contribution < 1.29 is 13.2 Å². The third-order valence-corrected chi connectivity index (χ3v) is 7.23. The van der Waals surface area contributed by atoms with Crippen LogP contribution in [0.25, 0.3) is 11.3 Å². The van der Waals surface area contributed by atoms with Crippen LogP contribution in [0.15, 0.2) is 47.6 Å². The van der Waals surface area contributed by atoms with Gasteiger partial charge in [-0.2, -0.15) is 5.10 Å². The zero-order valence-electron chi connectivity index (χ0n) is 18.0. The van der Waals surface area contributed by atoms with Gasteiger partial charge in [-0.1, -0.05) is 13.0 Å². The lowest BCUT2D eigenvalue weighted by Crippen LogP contribution is -2.28. The van der Waals surface area contributed by atoms with Crippen molar-refractivity contribution in [3.8, 4) is 17.0 Å². The molecule has 7 nitrogen and oxygen atoms in total. The van der Waals surface area contributed by atoms with Crippen LogP contribution in [-0.4, -0.2) is 36.8 Å². The predicted molar refractivity (Wildman–Crippen MR) is 120 cm³/mol. The van der Waals surface area contributed by atoms with E-state index in [1.807, 2.05) is 29.8 Å². The monoisotopic (exact) mass is 440 g/mol. The lowest BCUT2D eigenvalue weighted by Gasteiger charge is -2.15. The zero-order chi connectivity index (χ0) is 21.8. The van der Waals surface area contributed by atoms with Crippen molar-refractivity contribution in [2.24, 2.45) is 0 Å². The fourth-order valence-electron chi connectivity index (χ4n) is 4.11. The van der Waals surface area contributed by atoms with E-state index >= 15 is 0 Å². The molecule has 0 atom stereocenters. The molecule has 0 saturated carbocycles. The summed E-state index contributed by atoms with van der Waals surface area (Å²) in [4.78, 5) is 4.28. The Morgan fingerprint density at radius 2 is 1.90 bits per heavy atom. The maximum atomic E-state index is 13.0. The van der Waals surface area contributed by atoms with Gasteiger partial charge in [-0.3, -0.25) is 9.67 Å². The minimum atomic E-state index is -3.70. The Labute approximate surface area is 183 Å². The van der Waals surface area contributed by atoms with E-state index in [0.717, 1.165) is 48.9 Å². The number of aromatic nitrogens is 3. The first-order valence-corrected chi connectivity index (χ1v) is 12.2. The van der Waals surface area contributed by atoms with Crippen LogP contribution < -0.4 is 9.46 Å². The van der Waals surface area contributed by atoms with Gasteiger partial charge in [-0.05, 0) is 61.9 Å². The highest BCUT2D eigenvalue weighted by Crippen LogP contribution is 2.31. The van der Waals surface area contributed by atoms with Crippen molar-refractivity contribution in [3.63, 3.8) is 0 Å². The lowest BCUT2D eigenvalue weighted by atomic mass is 9.94. The molecular formula is C23H28N4O3S. The van der Waals surface area contributed by atoms with Crippen molar-refractivity contribution in [2.75, 3.05) is 13.7 Å². The van der Waals surface area contributed by atoms with Crippen LogP contribution in [0.3, 0.4) is 0 Å². The average Bonchev–Trinajstić information content (AvgIpc) is 3.18. The normalized spacial score (nSPS) is 13.7. The molecule has 0 saturated heterocycles. The molecule has 8 heteroatoms. The van der Waals surface area contributed by atoms with Gasteiger partial charge in [0.05, 0.1) is 19.3 Å². The van der Waals surface area contributed by atoms with Gasteiger partial charge >= 0.3 is 0 Å². The van der Waals surface area contributed by atoms with Crippen molar-refractivity contribution in [3.05, 3.63) is 59.5 Å². The van der Waals surface area contributed by atoms with Gasteiger partial charge < -0.3 is 4.74 Å². The number of nitrogens with zero attached hydrogens (tertiary/aromatic N) is 3. The number of fused-ring (bicyclic) bond motifs is 1. The van der Waals surface area contributed by atoms with Crippen LogP contribution in [0.1, 0.15) is 36.6 Å². The molecule has 1 N–H and O–H groups in total. The summed E-state index contributed by atoms with van der Waals surface area (Å²) in [6, 6.07) is 9.21. The average molecular weight is 441 g/mol. The van der Waals surface area contributed by atoms with Crippen LogP contribution in [0.2, 0.25) is 0 Å². The van der Waals surface area contributed by atoms with E-state index in [4.69, 9.17) is 9.84 Å². The minimum Gasteiger partial charge on any atom is -0.495 e. The molecule has 1 aromatic carbocycles. The topological polar surface area (TPSA) is 86.1 Å². The number of methoxy groups -OCH3 is 1. The maximum absolute atomic E-state index is 13.0. The summed E-state index contributed by atoms with van der Waals surface area (Å²) in [5, 5.41) is 4.84. The largest absolute Gasteiger partial charge is 0.495 e. The maximum Gasteiger partial charge on any atom is 0.244 e. The minimum absolute atomic E-state index is 0.175. The highest BCUT2D eigenvalue weighted by Gasteiger charge is 2.23. The van der Waals surface area contributed by atoms with Crippen molar-refractivity contribution in [2.45, 2.75) is 50.5 Å². The van der Waals surface area contributed by atoms with E-state index in [9.17, 15) is 8.42 Å². The van der Waals surface area contributed by atoms with Crippen molar-refractivity contribution >= 4 is 10.0 Å². The Balaban J connectivity index is 1.55. The summed E-state index contributed by atoms with van der Waals surface area (Å²) in [5.41, 5.74) is 5.47. The van der Waals surface area contributed by atoms with E-state index in [1.54, 1.807) is 24.5 Å². The molecule has 0 spiro atoms. The first kappa shape index (κ1) is 21.5. The molecule has 31 heavy (non-hydrogen) atoms. The van der Waals surface area contributed by atoms with Crippen molar-refractivity contribution in [1.29, 1.82) is 0 Å². The first-order valence-electron chi connectivity index (χ1n) is 10.7. The van der Waals surface area contributed by atoms with E-state index in [-0.39, 0.29) is 11.4 Å². The molecule has 1 aliphatic rings. The van der Waals surface area contributed by atoms with Crippen LogP contribution >= 0.6 is 0 Å². The second kappa shape index (κ2) is 9.20. The van der Waals surface area contributed by atoms with Gasteiger partial charge in [-0.15, -0.1) is 0 Å². The fraction of sp³-hybridized carbons (Fsp3) is 0.391. The Kier molecular flexibility index (Phi) is 6.38. The summed E-state index contributed by atoms with van der Waals surface area (Å²) in [7, 11) is -2.21. The molecule has 3 aromatic rings. The number of hydrogen-bond donors (Lipinski definition) is 1. The molecule has 1 aliphatic carbocycles. The molecular weight excluding hydrogens is 412 g/mol. The Morgan fingerprint density at radius 3 is 2.65 bits per heavy atom. The third kappa shape index (κ3) is 4.50. The summed E-state index contributed by atoms with van der Waals surface area (Å²) in [5.74, 6) is 0.348. The number of rotatable bonds is 8. The van der Waals surface area contributed by atoms with Gasteiger partial charge in [0.2, 0.25) is 10.0 Å². The van der Waals surface area contributed by atoms with E-state index in [2.05, 4.69) is 9.71 Å². The number of hydrogen-bond acceptors (Lipinski definition) is 5. The molecule has 2 heterocycles. The molecule has 0 unspecified atom stereocenters. The van der Waals surface area contributed by atoms with Crippen LogP contribution in [0, 0.1) is 0 Å². The molecule has 0 amide bonds. The number of sulfonamides is 1. The Morgan fingerprint density at radius 1 is 1.13 bits per heavy atom. The zero-order valence-corrected chi connectivity index (χ0v) is 18.8. The summed E-state index contributed by atoms with van der Waals surface area (Å²) in [6.07, 6.45) is 8.54. The van der Waals surface area contributed by atoms with Gasteiger partial charge in [0.25, 0.3) is 0 Å². The number of nitrogens with one attached hydrogen (secondary N) is 1. The highest BCUT2D eigenvalue weighted by atomic mass is 32.2. The van der Waals surface area contributed by atoms with Crippen LogP contribution in [0.4, 0.5) is 0 Å². The van der Waals surface area contributed by atoms with Gasteiger partial charge in [-0.25, -0.2) is 13.1 Å². The SMILES string of the molecule is CCc1ccc(OC)c(S(=O)(=O)NCCn2nc(-c3ccncc3)c3c2CCCC3)c1. The molecule has 0 radical (unpaired) electrons. The molecule has 164 valence electrons. The van der Waals surface area contributed by atoms with E-state index in [1.165, 1.54) is 18.4 Å². The number of pyridine rings is 1. The first-order chi connectivity index (χ1) is 15.0. The second-order valence-corrected chi connectivity index (χ2v) is 9.41. The predicted octanol–water partition coefficient (Wildman–Crippen LogP) is 3.37. The molecule has 0 bridgehead atoms. The summed E-state index contributed by atoms with van der Waals surface area (Å²) >= 11 is 0. The van der Waals surface area contributed by atoms with Gasteiger partial charge in [0.15, 0.2) is 0 Å². The Hall–Kier alpha value is -2.71. The fourth-order valence-corrected chi connectivity index (χ4v) is 5.35.